The van der Waals surface area contributed by atoms with Crippen molar-refractivity contribution in [2.45, 2.75) is 19.4 Å². The summed E-state index contributed by atoms with van der Waals surface area (Å²) in [7, 11) is 1.42. The molecule has 0 saturated heterocycles. The monoisotopic (exact) mass is 464 g/mol. The molecule has 2 aromatic carbocycles. The van der Waals surface area contributed by atoms with Crippen LogP contribution in [-0.4, -0.2) is 38.1 Å². The standard InChI is InChI=1S/C22H19F3N2O6/c1-14(21(29)27-16-5-7-17(8-6-16)33-22(23,24)25)32-20(28)10-4-15-3-9-18(31-12-11-26)19(13-15)30-2/h3-10,13-14H,12H2,1-2H3,(H,27,29)/b10-4+. The Morgan fingerprint density at radius 2 is 1.85 bits per heavy atom. The van der Waals surface area contributed by atoms with Gasteiger partial charge in [0.2, 0.25) is 0 Å². The van der Waals surface area contributed by atoms with Crippen LogP contribution < -0.4 is 19.5 Å². The molecule has 0 heterocycles. The largest absolute Gasteiger partial charge is 0.573 e. The summed E-state index contributed by atoms with van der Waals surface area (Å²) < 4.78 is 55.7. The van der Waals surface area contributed by atoms with Crippen molar-refractivity contribution in [3.8, 4) is 23.3 Å². The molecule has 0 aliphatic carbocycles. The van der Waals surface area contributed by atoms with E-state index in [1.54, 1.807) is 18.2 Å². The smallest absolute Gasteiger partial charge is 0.493 e. The molecule has 0 radical (unpaired) electrons. The summed E-state index contributed by atoms with van der Waals surface area (Å²) in [5, 5.41) is 11.0. The first-order valence-corrected chi connectivity index (χ1v) is 9.34. The molecule has 1 N–H and O–H groups in total. The van der Waals surface area contributed by atoms with Crippen molar-refractivity contribution in [2.24, 2.45) is 0 Å². The van der Waals surface area contributed by atoms with Crippen LogP contribution in [0.1, 0.15) is 12.5 Å². The lowest BCUT2D eigenvalue weighted by Gasteiger charge is -2.13. The highest BCUT2D eigenvalue weighted by Crippen LogP contribution is 2.28. The molecule has 0 aromatic heterocycles. The first kappa shape index (κ1) is 25.1. The second-order valence-electron chi connectivity index (χ2n) is 6.33. The fraction of sp³-hybridized carbons (Fsp3) is 0.227. The zero-order valence-corrected chi connectivity index (χ0v) is 17.5. The molecule has 0 aliphatic rings. The van der Waals surface area contributed by atoms with Crippen LogP contribution in [0.15, 0.2) is 48.5 Å². The SMILES string of the molecule is COc1cc(/C=C/C(=O)OC(C)C(=O)Nc2ccc(OC(F)(F)F)cc2)ccc1OCC#N. The molecular formula is C22H19F3N2O6. The first-order valence-electron chi connectivity index (χ1n) is 9.34. The van der Waals surface area contributed by atoms with E-state index in [4.69, 9.17) is 19.5 Å². The number of anilines is 1. The molecule has 1 atom stereocenters. The number of nitrogens with one attached hydrogen (secondary N) is 1. The van der Waals surface area contributed by atoms with Gasteiger partial charge in [-0.2, -0.15) is 5.26 Å². The molecule has 2 rings (SSSR count). The van der Waals surface area contributed by atoms with Crippen molar-refractivity contribution in [3.05, 3.63) is 54.1 Å². The lowest BCUT2D eigenvalue weighted by atomic mass is 10.2. The quantitative estimate of drug-likeness (QED) is 0.440. The summed E-state index contributed by atoms with van der Waals surface area (Å²) in [6.45, 7) is 1.19. The number of ether oxygens (including phenoxy) is 4. The number of rotatable bonds is 9. The predicted molar refractivity (Wildman–Crippen MR) is 110 cm³/mol. The number of benzene rings is 2. The van der Waals surface area contributed by atoms with E-state index in [9.17, 15) is 22.8 Å². The third-order valence-corrected chi connectivity index (χ3v) is 3.91. The molecule has 0 fully saturated rings. The fourth-order valence-corrected chi connectivity index (χ4v) is 2.43. The molecule has 0 bridgehead atoms. The van der Waals surface area contributed by atoms with Gasteiger partial charge in [-0.3, -0.25) is 4.79 Å². The normalized spacial score (nSPS) is 11.9. The first-order chi connectivity index (χ1) is 15.6. The van der Waals surface area contributed by atoms with Crippen molar-refractivity contribution in [3.63, 3.8) is 0 Å². The Kier molecular flexibility index (Phi) is 8.68. The minimum atomic E-state index is -4.82. The minimum absolute atomic E-state index is 0.149. The van der Waals surface area contributed by atoms with Gasteiger partial charge in [0, 0.05) is 11.8 Å². The van der Waals surface area contributed by atoms with Crippen LogP contribution >= 0.6 is 0 Å². The summed E-state index contributed by atoms with van der Waals surface area (Å²) in [6.07, 6.45) is -3.45. The summed E-state index contributed by atoms with van der Waals surface area (Å²) >= 11 is 0. The predicted octanol–water partition coefficient (Wildman–Crippen LogP) is 4.08. The maximum atomic E-state index is 12.2. The topological polar surface area (TPSA) is 107 Å². The number of nitriles is 1. The molecule has 1 unspecified atom stereocenters. The van der Waals surface area contributed by atoms with Crippen molar-refractivity contribution in [1.29, 1.82) is 5.26 Å². The van der Waals surface area contributed by atoms with Gasteiger partial charge in [0.1, 0.15) is 11.8 Å². The third kappa shape index (κ3) is 8.45. The molecule has 33 heavy (non-hydrogen) atoms. The minimum Gasteiger partial charge on any atom is -0.493 e. The van der Waals surface area contributed by atoms with E-state index in [1.807, 2.05) is 6.07 Å². The van der Waals surface area contributed by atoms with E-state index in [2.05, 4.69) is 10.1 Å². The highest BCUT2D eigenvalue weighted by atomic mass is 19.4. The Labute approximate surface area is 187 Å². The van der Waals surface area contributed by atoms with Gasteiger partial charge in [0.05, 0.1) is 7.11 Å². The lowest BCUT2D eigenvalue weighted by Crippen LogP contribution is -2.29. The molecule has 0 aliphatic heterocycles. The Morgan fingerprint density at radius 1 is 1.15 bits per heavy atom. The Morgan fingerprint density at radius 3 is 2.45 bits per heavy atom. The molecular weight excluding hydrogens is 445 g/mol. The summed E-state index contributed by atoms with van der Waals surface area (Å²) in [5.74, 6) is -1.19. The van der Waals surface area contributed by atoms with Crippen LogP contribution in [-0.2, 0) is 14.3 Å². The van der Waals surface area contributed by atoms with Crippen LogP contribution in [0.2, 0.25) is 0 Å². The maximum absolute atomic E-state index is 12.2. The lowest BCUT2D eigenvalue weighted by molar-refractivity contribution is -0.274. The second kappa shape index (κ2) is 11.4. The van der Waals surface area contributed by atoms with Gasteiger partial charge in [-0.15, -0.1) is 13.2 Å². The number of hydrogen-bond donors (Lipinski definition) is 1. The molecule has 1 amide bonds. The summed E-state index contributed by atoms with van der Waals surface area (Å²) in [4.78, 5) is 24.2. The van der Waals surface area contributed by atoms with Gasteiger partial charge >= 0.3 is 12.3 Å². The Bertz CT molecular complexity index is 1050. The number of amides is 1. The second-order valence-corrected chi connectivity index (χ2v) is 6.33. The van der Waals surface area contributed by atoms with E-state index in [0.717, 1.165) is 18.2 Å². The molecule has 174 valence electrons. The van der Waals surface area contributed by atoms with Crippen molar-refractivity contribution in [1.82, 2.24) is 0 Å². The van der Waals surface area contributed by atoms with Crippen molar-refractivity contribution >= 4 is 23.6 Å². The van der Waals surface area contributed by atoms with Crippen LogP contribution in [0.3, 0.4) is 0 Å². The Hall–Kier alpha value is -4.20. The number of esters is 1. The average Bonchev–Trinajstić information content (AvgIpc) is 2.76. The number of hydrogen-bond acceptors (Lipinski definition) is 7. The summed E-state index contributed by atoms with van der Waals surface area (Å²) in [6, 6.07) is 11.1. The molecule has 2 aromatic rings. The molecule has 0 saturated carbocycles. The van der Waals surface area contributed by atoms with Gasteiger partial charge in [-0.05, 0) is 55.0 Å². The molecule has 0 spiro atoms. The van der Waals surface area contributed by atoms with E-state index in [-0.39, 0.29) is 12.3 Å². The summed E-state index contributed by atoms with van der Waals surface area (Å²) in [5.41, 5.74) is 0.769. The zero-order chi connectivity index (χ0) is 24.4. The van der Waals surface area contributed by atoms with E-state index in [0.29, 0.717) is 17.1 Å². The molecule has 11 heteroatoms. The van der Waals surface area contributed by atoms with E-state index in [1.165, 1.54) is 32.2 Å². The van der Waals surface area contributed by atoms with Gasteiger partial charge in [0.25, 0.3) is 5.91 Å². The van der Waals surface area contributed by atoms with Crippen LogP contribution in [0, 0.1) is 11.3 Å². The van der Waals surface area contributed by atoms with Crippen LogP contribution in [0.5, 0.6) is 17.2 Å². The number of alkyl halides is 3. The van der Waals surface area contributed by atoms with E-state index < -0.39 is 30.1 Å². The highest BCUT2D eigenvalue weighted by molar-refractivity contribution is 5.96. The number of carbonyl (C=O) groups is 2. The van der Waals surface area contributed by atoms with Crippen LogP contribution in [0.25, 0.3) is 6.08 Å². The van der Waals surface area contributed by atoms with Gasteiger partial charge in [0.15, 0.2) is 24.2 Å². The fourth-order valence-electron chi connectivity index (χ4n) is 2.43. The number of carbonyl (C=O) groups excluding carboxylic acids is 2. The number of methoxy groups -OCH3 is 1. The van der Waals surface area contributed by atoms with Crippen molar-refractivity contribution in [2.75, 3.05) is 19.0 Å². The maximum Gasteiger partial charge on any atom is 0.573 e. The average molecular weight is 464 g/mol. The third-order valence-electron chi connectivity index (χ3n) is 3.91. The number of nitrogens with zero attached hydrogens (tertiary/aromatic N) is 1. The highest BCUT2D eigenvalue weighted by Gasteiger charge is 2.31. The van der Waals surface area contributed by atoms with Gasteiger partial charge in [-0.1, -0.05) is 6.07 Å². The molecule has 8 nitrogen and oxygen atoms in total. The van der Waals surface area contributed by atoms with Gasteiger partial charge < -0.3 is 24.3 Å². The van der Waals surface area contributed by atoms with Crippen molar-refractivity contribution < 1.29 is 41.7 Å². The zero-order valence-electron chi connectivity index (χ0n) is 17.5. The van der Waals surface area contributed by atoms with Crippen LogP contribution in [0.4, 0.5) is 18.9 Å². The van der Waals surface area contributed by atoms with E-state index >= 15 is 0 Å². The van der Waals surface area contributed by atoms with Gasteiger partial charge in [-0.25, -0.2) is 4.79 Å². The number of halogens is 3. The Balaban J connectivity index is 1.91.